The molecule has 8 heteroatoms. The van der Waals surface area contributed by atoms with E-state index >= 15 is 0 Å². The van der Waals surface area contributed by atoms with Gasteiger partial charge >= 0.3 is 0 Å². The van der Waals surface area contributed by atoms with Crippen molar-refractivity contribution in [2.75, 3.05) is 33.4 Å². The Kier molecular flexibility index (Phi) is 6.64. The van der Waals surface area contributed by atoms with Gasteiger partial charge in [0.2, 0.25) is 10.0 Å². The van der Waals surface area contributed by atoms with Crippen molar-refractivity contribution in [1.29, 1.82) is 0 Å². The molecule has 1 atom stereocenters. The second kappa shape index (κ2) is 7.61. The summed E-state index contributed by atoms with van der Waals surface area (Å²) in [4.78, 5) is 0.208. The molecule has 1 aliphatic rings. The molecule has 1 aliphatic heterocycles. The molecule has 1 fully saturated rings. The number of rotatable bonds is 4. The van der Waals surface area contributed by atoms with Crippen LogP contribution < -0.4 is 10.5 Å². The molecule has 0 aromatic heterocycles. The molecule has 126 valence electrons. The number of morpholine rings is 1. The van der Waals surface area contributed by atoms with Crippen LogP contribution in [0, 0.1) is 13.8 Å². The molecule has 22 heavy (non-hydrogen) atoms. The summed E-state index contributed by atoms with van der Waals surface area (Å²) >= 11 is 0. The summed E-state index contributed by atoms with van der Waals surface area (Å²) in [6, 6.07) is 3.55. The molecule has 1 aromatic rings. The number of halogens is 1. The minimum absolute atomic E-state index is 0. The zero-order valence-corrected chi connectivity index (χ0v) is 14.7. The van der Waals surface area contributed by atoms with Crippen molar-refractivity contribution < 1.29 is 17.9 Å². The molecule has 0 radical (unpaired) electrons. The van der Waals surface area contributed by atoms with Crippen LogP contribution in [0.3, 0.4) is 0 Å². The Labute approximate surface area is 138 Å². The van der Waals surface area contributed by atoms with E-state index in [-0.39, 0.29) is 30.0 Å². The van der Waals surface area contributed by atoms with Crippen LogP contribution in [-0.4, -0.2) is 52.2 Å². The predicted molar refractivity (Wildman–Crippen MR) is 87.3 cm³/mol. The zero-order valence-electron chi connectivity index (χ0n) is 13.0. The van der Waals surface area contributed by atoms with Crippen molar-refractivity contribution >= 4 is 22.4 Å². The van der Waals surface area contributed by atoms with Crippen LogP contribution in [0.25, 0.3) is 0 Å². The third-order valence-electron chi connectivity index (χ3n) is 3.57. The molecular weight excluding hydrogens is 328 g/mol. The van der Waals surface area contributed by atoms with Crippen LogP contribution in [0.4, 0.5) is 0 Å². The van der Waals surface area contributed by atoms with Gasteiger partial charge in [-0.1, -0.05) is 6.07 Å². The monoisotopic (exact) mass is 350 g/mol. The van der Waals surface area contributed by atoms with E-state index in [0.29, 0.717) is 25.4 Å². The molecule has 6 nitrogen and oxygen atoms in total. The minimum atomic E-state index is -3.62. The molecule has 2 N–H and O–H groups in total. The molecule has 1 unspecified atom stereocenters. The lowest BCUT2D eigenvalue weighted by Gasteiger charge is -2.32. The first kappa shape index (κ1) is 19.2. The fourth-order valence-electron chi connectivity index (χ4n) is 2.56. The normalized spacial score (nSPS) is 19.5. The van der Waals surface area contributed by atoms with Gasteiger partial charge in [0.05, 0.1) is 19.8 Å². The first-order valence-electron chi connectivity index (χ1n) is 6.87. The van der Waals surface area contributed by atoms with Crippen LogP contribution in [0.2, 0.25) is 0 Å². The molecule has 1 aromatic carbocycles. The van der Waals surface area contributed by atoms with Gasteiger partial charge in [-0.15, -0.1) is 12.4 Å². The lowest BCUT2D eigenvalue weighted by atomic mass is 10.1. The lowest BCUT2D eigenvalue weighted by molar-refractivity contribution is 0.00447. The Hall–Kier alpha value is -0.860. The number of hydrogen-bond donors (Lipinski definition) is 1. The summed E-state index contributed by atoms with van der Waals surface area (Å²) < 4.78 is 37.9. The molecule has 1 heterocycles. The van der Waals surface area contributed by atoms with Gasteiger partial charge in [-0.25, -0.2) is 8.42 Å². The van der Waals surface area contributed by atoms with Gasteiger partial charge in [-0.05, 0) is 31.0 Å². The standard InChI is InChI=1S/C14H22N2O4S.ClH/c1-10-6-11(2)14(19-3)13(7-10)21(17,18)16-4-5-20-12(8-15)9-16;/h6-7,12H,4-5,8-9,15H2,1-3H3;1H. The van der Waals surface area contributed by atoms with Gasteiger partial charge in [0.15, 0.2) is 0 Å². The second-order valence-corrected chi connectivity index (χ2v) is 7.11. The summed E-state index contributed by atoms with van der Waals surface area (Å²) in [5.74, 6) is 0.399. The van der Waals surface area contributed by atoms with E-state index in [1.165, 1.54) is 11.4 Å². The second-order valence-electron chi connectivity index (χ2n) is 5.20. The molecule has 0 bridgehead atoms. The number of ether oxygens (including phenoxy) is 2. The number of aryl methyl sites for hydroxylation is 2. The average molecular weight is 351 g/mol. The highest BCUT2D eigenvalue weighted by Crippen LogP contribution is 2.31. The summed E-state index contributed by atoms with van der Waals surface area (Å²) in [5.41, 5.74) is 7.27. The molecule has 1 saturated heterocycles. The Morgan fingerprint density at radius 2 is 2.09 bits per heavy atom. The van der Waals surface area contributed by atoms with Crippen molar-refractivity contribution in [1.82, 2.24) is 4.31 Å². The summed E-state index contributed by atoms with van der Waals surface area (Å²) in [5, 5.41) is 0. The third kappa shape index (κ3) is 3.72. The minimum Gasteiger partial charge on any atom is -0.495 e. The average Bonchev–Trinajstić information content (AvgIpc) is 2.46. The van der Waals surface area contributed by atoms with Crippen molar-refractivity contribution in [2.24, 2.45) is 5.73 Å². The molecule has 0 spiro atoms. The SMILES string of the molecule is COc1c(C)cc(C)cc1S(=O)(=O)N1CCOC(CN)C1.Cl. The molecule has 0 saturated carbocycles. The largest absolute Gasteiger partial charge is 0.495 e. The Balaban J connectivity index is 0.00000242. The van der Waals surface area contributed by atoms with E-state index in [1.807, 2.05) is 19.9 Å². The summed E-state index contributed by atoms with van der Waals surface area (Å²) in [6.07, 6.45) is -0.259. The van der Waals surface area contributed by atoms with Crippen molar-refractivity contribution in [2.45, 2.75) is 24.8 Å². The number of nitrogens with zero attached hydrogens (tertiary/aromatic N) is 1. The number of nitrogens with two attached hydrogens (primary N) is 1. The van der Waals surface area contributed by atoms with Gasteiger partial charge in [0.25, 0.3) is 0 Å². The van der Waals surface area contributed by atoms with Crippen LogP contribution in [-0.2, 0) is 14.8 Å². The number of methoxy groups -OCH3 is 1. The molecular formula is C14H23ClN2O4S. The number of hydrogen-bond acceptors (Lipinski definition) is 5. The Morgan fingerprint density at radius 3 is 2.68 bits per heavy atom. The fraction of sp³-hybridized carbons (Fsp3) is 0.571. The highest BCUT2D eigenvalue weighted by Gasteiger charge is 2.32. The molecule has 0 aliphatic carbocycles. The maximum atomic E-state index is 12.9. The van der Waals surface area contributed by atoms with Crippen molar-refractivity contribution in [3.8, 4) is 5.75 Å². The maximum Gasteiger partial charge on any atom is 0.246 e. The summed E-state index contributed by atoms with van der Waals surface area (Å²) in [6.45, 7) is 4.97. The van der Waals surface area contributed by atoms with Gasteiger partial charge < -0.3 is 15.2 Å². The molecule has 0 amide bonds. The van der Waals surface area contributed by atoms with Crippen molar-refractivity contribution in [3.05, 3.63) is 23.3 Å². The van der Waals surface area contributed by atoms with Gasteiger partial charge in [-0.2, -0.15) is 4.31 Å². The lowest BCUT2D eigenvalue weighted by Crippen LogP contribution is -2.48. The quantitative estimate of drug-likeness (QED) is 0.878. The number of sulfonamides is 1. The van der Waals surface area contributed by atoms with Gasteiger partial charge in [0, 0.05) is 19.6 Å². The maximum absolute atomic E-state index is 12.9. The van der Waals surface area contributed by atoms with Gasteiger partial charge in [-0.3, -0.25) is 0 Å². The first-order chi connectivity index (χ1) is 9.90. The topological polar surface area (TPSA) is 81.9 Å². The third-order valence-corrected chi connectivity index (χ3v) is 5.44. The van der Waals surface area contributed by atoms with E-state index in [0.717, 1.165) is 11.1 Å². The highest BCUT2D eigenvalue weighted by atomic mass is 35.5. The van der Waals surface area contributed by atoms with Crippen molar-refractivity contribution in [3.63, 3.8) is 0 Å². The number of benzene rings is 1. The van der Waals surface area contributed by atoms with E-state index in [4.69, 9.17) is 15.2 Å². The fourth-order valence-corrected chi connectivity index (χ4v) is 4.33. The van der Waals surface area contributed by atoms with Crippen LogP contribution in [0.5, 0.6) is 5.75 Å². The zero-order chi connectivity index (χ0) is 15.6. The predicted octanol–water partition coefficient (Wildman–Crippen LogP) is 1.08. The highest BCUT2D eigenvalue weighted by molar-refractivity contribution is 7.89. The summed E-state index contributed by atoms with van der Waals surface area (Å²) in [7, 11) is -2.14. The first-order valence-corrected chi connectivity index (χ1v) is 8.31. The van der Waals surface area contributed by atoms with Crippen LogP contribution in [0.1, 0.15) is 11.1 Å². The van der Waals surface area contributed by atoms with Crippen LogP contribution in [0.15, 0.2) is 17.0 Å². The van der Waals surface area contributed by atoms with E-state index in [2.05, 4.69) is 0 Å². The van der Waals surface area contributed by atoms with E-state index in [9.17, 15) is 8.42 Å². The van der Waals surface area contributed by atoms with E-state index in [1.54, 1.807) is 6.07 Å². The molecule has 2 rings (SSSR count). The van der Waals surface area contributed by atoms with E-state index < -0.39 is 10.0 Å². The smallest absolute Gasteiger partial charge is 0.246 e. The van der Waals surface area contributed by atoms with Gasteiger partial charge in [0.1, 0.15) is 10.6 Å². The van der Waals surface area contributed by atoms with Crippen LogP contribution >= 0.6 is 12.4 Å². The Bertz CT molecular complexity index is 622. The Morgan fingerprint density at radius 1 is 1.41 bits per heavy atom.